The van der Waals surface area contributed by atoms with E-state index in [9.17, 15) is 9.59 Å². The van der Waals surface area contributed by atoms with Crippen molar-refractivity contribution in [2.75, 3.05) is 6.61 Å². The third kappa shape index (κ3) is 3.26. The number of nitrogens with zero attached hydrogens (tertiary/aromatic N) is 1. The number of thiophene rings is 1. The van der Waals surface area contributed by atoms with Crippen molar-refractivity contribution in [3.63, 3.8) is 0 Å². The second-order valence-corrected chi connectivity index (χ2v) is 5.23. The Kier molecular flexibility index (Phi) is 4.56. The van der Waals surface area contributed by atoms with E-state index in [1.807, 2.05) is 11.4 Å². The minimum atomic E-state index is -0.428. The molecule has 0 saturated carbocycles. The second-order valence-electron chi connectivity index (χ2n) is 4.23. The Hall–Kier alpha value is -2.10. The van der Waals surface area contributed by atoms with Gasteiger partial charge in [-0.15, -0.1) is 11.3 Å². The van der Waals surface area contributed by atoms with Crippen LogP contribution in [-0.2, 0) is 6.54 Å². The number of nitrogens with one attached hydrogen (secondary N) is 1. The van der Waals surface area contributed by atoms with E-state index in [2.05, 4.69) is 16.8 Å². The molecule has 104 valence electrons. The summed E-state index contributed by atoms with van der Waals surface area (Å²) in [5.41, 5.74) is 0.553. The molecule has 5 nitrogen and oxygen atoms in total. The Bertz CT molecular complexity index is 774. The number of aromatic amines is 1. The highest BCUT2D eigenvalue weighted by Crippen LogP contribution is 2.16. The zero-order valence-corrected chi connectivity index (χ0v) is 11.8. The zero-order chi connectivity index (χ0) is 14.5. The molecule has 0 aliphatic rings. The van der Waals surface area contributed by atoms with Crippen LogP contribution in [0.15, 0.2) is 27.2 Å². The SMILES string of the molecule is Cc1cn(Cc2sccc2C#CCCO)c(=O)[nH]c1=O. The average Bonchev–Trinajstić information content (AvgIpc) is 2.84. The third-order valence-electron chi connectivity index (χ3n) is 2.71. The molecule has 0 saturated heterocycles. The van der Waals surface area contributed by atoms with Crippen molar-refractivity contribution in [2.45, 2.75) is 19.9 Å². The van der Waals surface area contributed by atoms with Crippen molar-refractivity contribution in [2.24, 2.45) is 0 Å². The van der Waals surface area contributed by atoms with Crippen molar-refractivity contribution in [1.29, 1.82) is 0 Å². The number of H-pyrrole nitrogens is 1. The van der Waals surface area contributed by atoms with Crippen molar-refractivity contribution in [3.8, 4) is 11.8 Å². The largest absolute Gasteiger partial charge is 0.395 e. The Morgan fingerprint density at radius 2 is 2.25 bits per heavy atom. The summed E-state index contributed by atoms with van der Waals surface area (Å²) in [5, 5.41) is 10.6. The van der Waals surface area contributed by atoms with Crippen molar-refractivity contribution in [3.05, 3.63) is 54.5 Å². The molecule has 20 heavy (non-hydrogen) atoms. The molecule has 0 aliphatic carbocycles. The third-order valence-corrected chi connectivity index (χ3v) is 3.61. The van der Waals surface area contributed by atoms with Crippen LogP contribution in [0.25, 0.3) is 0 Å². The van der Waals surface area contributed by atoms with Gasteiger partial charge in [-0.25, -0.2) is 4.79 Å². The Morgan fingerprint density at radius 3 is 3.00 bits per heavy atom. The van der Waals surface area contributed by atoms with Crippen LogP contribution in [-0.4, -0.2) is 21.3 Å². The van der Waals surface area contributed by atoms with E-state index in [0.717, 1.165) is 10.4 Å². The molecular formula is C14H14N2O3S. The molecule has 0 unspecified atom stereocenters. The monoisotopic (exact) mass is 290 g/mol. The zero-order valence-electron chi connectivity index (χ0n) is 11.0. The lowest BCUT2D eigenvalue weighted by Crippen LogP contribution is -2.31. The van der Waals surface area contributed by atoms with Gasteiger partial charge in [0.15, 0.2) is 0 Å². The summed E-state index contributed by atoms with van der Waals surface area (Å²) in [6.45, 7) is 2.06. The van der Waals surface area contributed by atoms with Crippen LogP contribution >= 0.6 is 11.3 Å². The normalized spacial score (nSPS) is 10.1. The van der Waals surface area contributed by atoms with Gasteiger partial charge < -0.3 is 5.11 Å². The molecule has 2 rings (SSSR count). The first-order valence-corrected chi connectivity index (χ1v) is 6.96. The first kappa shape index (κ1) is 14.3. The minimum Gasteiger partial charge on any atom is -0.395 e. The van der Waals surface area contributed by atoms with Gasteiger partial charge in [0, 0.05) is 28.6 Å². The number of aryl methyl sites for hydroxylation is 1. The van der Waals surface area contributed by atoms with E-state index in [0.29, 0.717) is 18.5 Å². The maximum atomic E-state index is 11.7. The predicted molar refractivity (Wildman–Crippen MR) is 78.1 cm³/mol. The molecular weight excluding hydrogens is 276 g/mol. The molecule has 2 N–H and O–H groups in total. The summed E-state index contributed by atoms with van der Waals surface area (Å²) < 4.78 is 1.46. The van der Waals surface area contributed by atoms with Crippen LogP contribution in [0.3, 0.4) is 0 Å². The van der Waals surface area contributed by atoms with Gasteiger partial charge in [0.1, 0.15) is 0 Å². The van der Waals surface area contributed by atoms with Crippen molar-refractivity contribution < 1.29 is 5.11 Å². The summed E-state index contributed by atoms with van der Waals surface area (Å²) in [6.07, 6.45) is 1.97. The molecule has 0 spiro atoms. The fraction of sp³-hybridized carbons (Fsp3) is 0.286. The van der Waals surface area contributed by atoms with Crippen LogP contribution in [0.4, 0.5) is 0 Å². The lowest BCUT2D eigenvalue weighted by Gasteiger charge is -2.04. The molecule has 6 heteroatoms. The lowest BCUT2D eigenvalue weighted by molar-refractivity contribution is 0.305. The molecule has 2 aromatic heterocycles. The molecule has 0 radical (unpaired) electrons. The Morgan fingerprint density at radius 1 is 1.45 bits per heavy atom. The summed E-state index contributed by atoms with van der Waals surface area (Å²) in [6, 6.07) is 1.88. The van der Waals surface area contributed by atoms with Gasteiger partial charge in [-0.2, -0.15) is 0 Å². The van der Waals surface area contributed by atoms with Crippen LogP contribution in [0.1, 0.15) is 22.4 Å². The molecule has 0 bridgehead atoms. The fourth-order valence-electron chi connectivity index (χ4n) is 1.68. The molecule has 0 atom stereocenters. The van der Waals surface area contributed by atoms with E-state index < -0.39 is 5.69 Å². The number of aliphatic hydroxyl groups excluding tert-OH is 1. The first-order valence-electron chi connectivity index (χ1n) is 6.08. The Labute approximate surface area is 119 Å². The molecule has 0 aliphatic heterocycles. The summed E-state index contributed by atoms with van der Waals surface area (Å²) >= 11 is 1.50. The van der Waals surface area contributed by atoms with Crippen molar-refractivity contribution >= 4 is 11.3 Å². The molecule has 0 amide bonds. The number of aliphatic hydroxyl groups is 1. The summed E-state index contributed by atoms with van der Waals surface area (Å²) in [5.74, 6) is 5.83. The molecule has 2 heterocycles. The van der Waals surface area contributed by atoms with E-state index >= 15 is 0 Å². The standard InChI is InChI=1S/C14H14N2O3S/c1-10-8-16(14(19)15-13(10)18)9-12-11(5-7-20-12)4-2-3-6-17/h5,7-8,17H,3,6,9H2,1H3,(H,15,18,19). The first-order chi connectivity index (χ1) is 9.61. The van der Waals surface area contributed by atoms with Crippen molar-refractivity contribution in [1.82, 2.24) is 9.55 Å². The summed E-state index contributed by atoms with van der Waals surface area (Å²) in [7, 11) is 0. The van der Waals surface area contributed by atoms with Gasteiger partial charge in [0.2, 0.25) is 0 Å². The topological polar surface area (TPSA) is 75.1 Å². The second kappa shape index (κ2) is 6.37. The molecule has 0 fully saturated rings. The molecule has 2 aromatic rings. The number of hydrogen-bond acceptors (Lipinski definition) is 4. The van der Waals surface area contributed by atoms with E-state index in [1.54, 1.807) is 13.1 Å². The maximum absolute atomic E-state index is 11.7. The highest BCUT2D eigenvalue weighted by molar-refractivity contribution is 7.10. The Balaban J connectivity index is 2.30. The maximum Gasteiger partial charge on any atom is 0.328 e. The van der Waals surface area contributed by atoms with Gasteiger partial charge in [-0.05, 0) is 18.4 Å². The lowest BCUT2D eigenvalue weighted by atomic mass is 10.2. The van der Waals surface area contributed by atoms with Crippen LogP contribution in [0.2, 0.25) is 0 Å². The quantitative estimate of drug-likeness (QED) is 0.817. The molecule has 0 aromatic carbocycles. The number of rotatable bonds is 3. The highest BCUT2D eigenvalue weighted by atomic mass is 32.1. The van der Waals surface area contributed by atoms with Crippen LogP contribution < -0.4 is 11.2 Å². The predicted octanol–water partition coefficient (Wildman–Crippen LogP) is 0.689. The number of aromatic nitrogens is 2. The number of hydrogen-bond donors (Lipinski definition) is 2. The summed E-state index contributed by atoms with van der Waals surface area (Å²) in [4.78, 5) is 26.3. The van der Waals surface area contributed by atoms with Crippen LogP contribution in [0, 0.1) is 18.8 Å². The van der Waals surface area contributed by atoms with Crippen LogP contribution in [0.5, 0.6) is 0 Å². The minimum absolute atomic E-state index is 0.0328. The van der Waals surface area contributed by atoms with Gasteiger partial charge >= 0.3 is 5.69 Å². The van der Waals surface area contributed by atoms with E-state index in [-0.39, 0.29) is 12.2 Å². The van der Waals surface area contributed by atoms with E-state index in [4.69, 9.17) is 5.11 Å². The fourth-order valence-corrected chi connectivity index (χ4v) is 2.51. The van der Waals surface area contributed by atoms with Gasteiger partial charge in [-0.1, -0.05) is 11.8 Å². The van der Waals surface area contributed by atoms with Gasteiger partial charge in [0.25, 0.3) is 5.56 Å². The smallest absolute Gasteiger partial charge is 0.328 e. The van der Waals surface area contributed by atoms with Gasteiger partial charge in [0.05, 0.1) is 13.2 Å². The highest BCUT2D eigenvalue weighted by Gasteiger charge is 2.06. The van der Waals surface area contributed by atoms with E-state index in [1.165, 1.54) is 15.9 Å². The van der Waals surface area contributed by atoms with Gasteiger partial charge in [-0.3, -0.25) is 14.3 Å². The average molecular weight is 290 g/mol.